The number of aromatic hydroxyl groups is 1. The number of carbonyl (C=O) groups is 1. The van der Waals surface area contributed by atoms with Gasteiger partial charge in [-0.05, 0) is 41.5 Å². The van der Waals surface area contributed by atoms with Crippen molar-refractivity contribution in [1.29, 1.82) is 0 Å². The first-order valence-corrected chi connectivity index (χ1v) is 5.94. The van der Waals surface area contributed by atoms with Crippen molar-refractivity contribution in [3.05, 3.63) is 64.7 Å². The van der Waals surface area contributed by atoms with Crippen molar-refractivity contribution in [2.45, 2.75) is 0 Å². The van der Waals surface area contributed by atoms with Crippen LogP contribution in [-0.4, -0.2) is 16.2 Å². The monoisotopic (exact) mass is 274 g/mol. The van der Waals surface area contributed by atoms with Crippen LogP contribution in [0.3, 0.4) is 0 Å². The molecule has 2 rings (SSSR count). The first kappa shape index (κ1) is 13.2. The number of hydrogen-bond donors (Lipinski definition) is 2. The average Bonchev–Trinajstić information content (AvgIpc) is 2.39. The minimum absolute atomic E-state index is 0.0972. The molecule has 19 heavy (non-hydrogen) atoms. The van der Waals surface area contributed by atoms with Gasteiger partial charge in [-0.3, -0.25) is 0 Å². The number of halogens is 1. The predicted octanol–water partition coefficient (Wildman–Crippen LogP) is 3.67. The largest absolute Gasteiger partial charge is 0.508 e. The van der Waals surface area contributed by atoms with Gasteiger partial charge in [-0.15, -0.1) is 0 Å². The molecule has 4 heteroatoms. The van der Waals surface area contributed by atoms with Crippen LogP contribution in [0, 0.1) is 0 Å². The summed E-state index contributed by atoms with van der Waals surface area (Å²) < 4.78 is 0. The zero-order chi connectivity index (χ0) is 13.8. The molecule has 96 valence electrons. The van der Waals surface area contributed by atoms with Crippen molar-refractivity contribution in [3.8, 4) is 5.75 Å². The third-order valence-electron chi connectivity index (χ3n) is 2.59. The Kier molecular flexibility index (Phi) is 3.88. The average molecular weight is 275 g/mol. The minimum atomic E-state index is -1.03. The third-order valence-corrected chi connectivity index (χ3v) is 2.84. The Labute approximate surface area is 115 Å². The molecule has 2 N–H and O–H groups in total. The molecule has 0 unspecified atom stereocenters. The minimum Gasteiger partial charge on any atom is -0.508 e. The van der Waals surface area contributed by atoms with E-state index in [-0.39, 0.29) is 11.3 Å². The van der Waals surface area contributed by atoms with Crippen molar-refractivity contribution in [2.24, 2.45) is 0 Å². The second kappa shape index (κ2) is 5.59. The summed E-state index contributed by atoms with van der Waals surface area (Å²) in [6.45, 7) is 0. The van der Waals surface area contributed by atoms with E-state index in [0.29, 0.717) is 10.6 Å². The summed E-state index contributed by atoms with van der Waals surface area (Å²) in [5.41, 5.74) is 1.43. The van der Waals surface area contributed by atoms with Crippen LogP contribution in [0.25, 0.3) is 11.6 Å². The molecule has 0 bridgehead atoms. The Bertz CT molecular complexity index is 613. The Morgan fingerprint density at radius 2 is 1.58 bits per heavy atom. The molecule has 2 aromatic carbocycles. The van der Waals surface area contributed by atoms with Crippen molar-refractivity contribution < 1.29 is 15.0 Å². The molecule has 0 spiro atoms. The van der Waals surface area contributed by atoms with Gasteiger partial charge in [0, 0.05) is 5.02 Å². The van der Waals surface area contributed by atoms with E-state index in [1.54, 1.807) is 42.5 Å². The number of phenolic OH excluding ortho intramolecular Hbond substituents is 1. The molecule has 3 nitrogen and oxygen atoms in total. The number of phenols is 1. The van der Waals surface area contributed by atoms with Crippen LogP contribution >= 0.6 is 11.6 Å². The van der Waals surface area contributed by atoms with Crippen LogP contribution in [-0.2, 0) is 4.79 Å². The summed E-state index contributed by atoms with van der Waals surface area (Å²) in [4.78, 5) is 11.3. The summed E-state index contributed by atoms with van der Waals surface area (Å²) >= 11 is 5.78. The van der Waals surface area contributed by atoms with E-state index in [4.69, 9.17) is 11.6 Å². The van der Waals surface area contributed by atoms with Gasteiger partial charge in [0.25, 0.3) is 0 Å². The van der Waals surface area contributed by atoms with Gasteiger partial charge in [0.2, 0.25) is 0 Å². The number of carboxylic acids is 1. The van der Waals surface area contributed by atoms with Crippen molar-refractivity contribution in [1.82, 2.24) is 0 Å². The van der Waals surface area contributed by atoms with Crippen LogP contribution in [0.15, 0.2) is 48.5 Å². The Hall–Kier alpha value is -2.26. The lowest BCUT2D eigenvalue weighted by Crippen LogP contribution is -1.99. The van der Waals surface area contributed by atoms with Gasteiger partial charge in [-0.1, -0.05) is 35.9 Å². The van der Waals surface area contributed by atoms with Crippen LogP contribution < -0.4 is 0 Å². The summed E-state index contributed by atoms with van der Waals surface area (Å²) in [6.07, 6.45) is 1.56. The number of rotatable bonds is 3. The highest BCUT2D eigenvalue weighted by molar-refractivity contribution is 6.30. The second-order valence-electron chi connectivity index (χ2n) is 3.96. The lowest BCUT2D eigenvalue weighted by molar-refractivity contribution is -0.130. The van der Waals surface area contributed by atoms with E-state index in [1.807, 2.05) is 0 Å². The standard InChI is InChI=1S/C15H11ClO3/c16-12-5-1-10(2-6-12)9-14(15(18)19)11-3-7-13(17)8-4-11/h1-9,17H,(H,18,19)/b14-9-. The molecule has 0 saturated heterocycles. The summed E-state index contributed by atoms with van der Waals surface area (Å²) in [7, 11) is 0. The second-order valence-corrected chi connectivity index (χ2v) is 4.40. The molecule has 0 aliphatic rings. The van der Waals surface area contributed by atoms with E-state index in [9.17, 15) is 15.0 Å². The van der Waals surface area contributed by atoms with Gasteiger partial charge in [0.05, 0.1) is 5.57 Å². The maximum atomic E-state index is 11.3. The fraction of sp³-hybridized carbons (Fsp3) is 0. The van der Waals surface area contributed by atoms with Crippen molar-refractivity contribution in [2.75, 3.05) is 0 Å². The third kappa shape index (κ3) is 3.36. The van der Waals surface area contributed by atoms with Gasteiger partial charge in [-0.25, -0.2) is 4.79 Å². The molecule has 0 atom stereocenters. The number of carboxylic acid groups (broad SMARTS) is 1. The molecule has 0 aliphatic heterocycles. The van der Waals surface area contributed by atoms with Gasteiger partial charge < -0.3 is 10.2 Å². The van der Waals surface area contributed by atoms with E-state index >= 15 is 0 Å². The summed E-state index contributed by atoms with van der Waals surface area (Å²) in [5.74, 6) is -0.930. The molecule has 0 heterocycles. The topological polar surface area (TPSA) is 57.5 Å². The Morgan fingerprint density at radius 3 is 2.11 bits per heavy atom. The molecular formula is C15H11ClO3. The van der Waals surface area contributed by atoms with E-state index in [0.717, 1.165) is 5.56 Å². The van der Waals surface area contributed by atoms with Gasteiger partial charge in [0.1, 0.15) is 5.75 Å². The Morgan fingerprint density at radius 1 is 1.00 bits per heavy atom. The molecule has 0 aromatic heterocycles. The van der Waals surface area contributed by atoms with Crippen molar-refractivity contribution >= 4 is 29.2 Å². The van der Waals surface area contributed by atoms with Crippen molar-refractivity contribution in [3.63, 3.8) is 0 Å². The fourth-order valence-corrected chi connectivity index (χ4v) is 1.76. The Balaban J connectivity index is 2.43. The quantitative estimate of drug-likeness (QED) is 0.663. The van der Waals surface area contributed by atoms with Gasteiger partial charge in [0.15, 0.2) is 0 Å². The zero-order valence-electron chi connectivity index (χ0n) is 9.88. The molecule has 2 aromatic rings. The van der Waals surface area contributed by atoms with Crippen LogP contribution in [0.2, 0.25) is 5.02 Å². The normalized spacial score (nSPS) is 11.3. The smallest absolute Gasteiger partial charge is 0.336 e. The first-order chi connectivity index (χ1) is 9.06. The summed E-state index contributed by atoms with van der Waals surface area (Å²) in [6, 6.07) is 12.9. The van der Waals surface area contributed by atoms with Crippen LogP contribution in [0.5, 0.6) is 5.75 Å². The van der Waals surface area contributed by atoms with Crippen LogP contribution in [0.1, 0.15) is 11.1 Å². The van der Waals surface area contributed by atoms with Crippen LogP contribution in [0.4, 0.5) is 0 Å². The van der Waals surface area contributed by atoms with E-state index in [2.05, 4.69) is 0 Å². The highest BCUT2D eigenvalue weighted by Gasteiger charge is 2.10. The molecule has 0 radical (unpaired) electrons. The maximum Gasteiger partial charge on any atom is 0.336 e. The number of aliphatic carboxylic acids is 1. The predicted molar refractivity (Wildman–Crippen MR) is 75.1 cm³/mol. The lowest BCUT2D eigenvalue weighted by atomic mass is 10.0. The maximum absolute atomic E-state index is 11.3. The SMILES string of the molecule is O=C(O)/C(=C\c1ccc(Cl)cc1)c1ccc(O)cc1. The zero-order valence-corrected chi connectivity index (χ0v) is 10.6. The first-order valence-electron chi connectivity index (χ1n) is 5.56. The van der Waals surface area contributed by atoms with Gasteiger partial charge >= 0.3 is 5.97 Å². The number of benzene rings is 2. The fourth-order valence-electron chi connectivity index (χ4n) is 1.64. The highest BCUT2D eigenvalue weighted by atomic mass is 35.5. The molecule has 0 amide bonds. The molecule has 0 aliphatic carbocycles. The molecule has 0 saturated carbocycles. The lowest BCUT2D eigenvalue weighted by Gasteiger charge is -2.03. The van der Waals surface area contributed by atoms with E-state index < -0.39 is 5.97 Å². The summed E-state index contributed by atoms with van der Waals surface area (Å²) in [5, 5.41) is 19.1. The number of hydrogen-bond acceptors (Lipinski definition) is 2. The van der Waals surface area contributed by atoms with Gasteiger partial charge in [-0.2, -0.15) is 0 Å². The molecular weight excluding hydrogens is 264 g/mol. The van der Waals surface area contributed by atoms with E-state index in [1.165, 1.54) is 12.1 Å². The molecule has 0 fully saturated rings. The highest BCUT2D eigenvalue weighted by Crippen LogP contribution is 2.21.